The van der Waals surface area contributed by atoms with E-state index in [9.17, 15) is 4.79 Å². The zero-order valence-corrected chi connectivity index (χ0v) is 14.4. The average molecular weight is 316 g/mol. The highest BCUT2D eigenvalue weighted by Crippen LogP contribution is 2.26. The van der Waals surface area contributed by atoms with Crippen LogP contribution >= 0.6 is 0 Å². The smallest absolute Gasteiger partial charge is 0.236 e. The lowest BCUT2D eigenvalue weighted by atomic mass is 9.94. The lowest BCUT2D eigenvalue weighted by Gasteiger charge is -2.34. The van der Waals surface area contributed by atoms with E-state index in [1.165, 1.54) is 25.7 Å². The third-order valence-corrected chi connectivity index (χ3v) is 5.32. The fourth-order valence-electron chi connectivity index (χ4n) is 3.93. The van der Waals surface area contributed by atoms with Crippen molar-refractivity contribution in [2.45, 2.75) is 57.4 Å². The number of likely N-dealkylation sites (tertiary alicyclic amines) is 1. The summed E-state index contributed by atoms with van der Waals surface area (Å²) in [5, 5.41) is 0. The summed E-state index contributed by atoms with van der Waals surface area (Å²) in [6, 6.07) is 2.60. The standard InChI is InChI=1S/C18H28N4O/c1-14-19-10-9-17(20-14)15-6-5-11-22(12-15)18(23)13-21(2)16-7-3-4-8-16/h9-10,15-16H,3-8,11-13H2,1-2H3. The van der Waals surface area contributed by atoms with Gasteiger partial charge in [-0.25, -0.2) is 9.97 Å². The average Bonchev–Trinajstić information content (AvgIpc) is 3.09. The SMILES string of the molecule is Cc1nccc(C2CCCN(C(=O)CN(C)C3CCCC3)C2)n1. The lowest BCUT2D eigenvalue weighted by molar-refractivity contribution is -0.133. The highest BCUT2D eigenvalue weighted by Gasteiger charge is 2.28. The zero-order chi connectivity index (χ0) is 16.2. The number of carbonyl (C=O) groups is 1. The van der Waals surface area contributed by atoms with Gasteiger partial charge in [0.25, 0.3) is 0 Å². The Bertz CT molecular complexity index is 542. The number of hydrogen-bond donors (Lipinski definition) is 0. The summed E-state index contributed by atoms with van der Waals surface area (Å²) in [5.74, 6) is 1.44. The van der Waals surface area contributed by atoms with E-state index in [4.69, 9.17) is 0 Å². The third kappa shape index (κ3) is 4.08. The number of likely N-dealkylation sites (N-methyl/N-ethyl adjacent to an activating group) is 1. The van der Waals surface area contributed by atoms with Gasteiger partial charge in [0, 0.05) is 36.9 Å². The molecule has 1 aliphatic carbocycles. The second kappa shape index (κ2) is 7.39. The van der Waals surface area contributed by atoms with Crippen LogP contribution in [0.5, 0.6) is 0 Å². The fourth-order valence-corrected chi connectivity index (χ4v) is 3.93. The van der Waals surface area contributed by atoms with Crippen LogP contribution in [0.1, 0.15) is 56.0 Å². The van der Waals surface area contributed by atoms with Gasteiger partial charge in [0.1, 0.15) is 5.82 Å². The van der Waals surface area contributed by atoms with Crippen molar-refractivity contribution in [1.82, 2.24) is 19.8 Å². The topological polar surface area (TPSA) is 49.3 Å². The van der Waals surface area contributed by atoms with Crippen molar-refractivity contribution in [3.8, 4) is 0 Å². The summed E-state index contributed by atoms with van der Waals surface area (Å²) in [6.07, 6.45) is 9.10. The van der Waals surface area contributed by atoms with Gasteiger partial charge >= 0.3 is 0 Å². The number of aromatic nitrogens is 2. The summed E-state index contributed by atoms with van der Waals surface area (Å²) in [6.45, 7) is 4.16. The van der Waals surface area contributed by atoms with E-state index in [1.807, 2.05) is 24.1 Å². The normalized spacial score (nSPS) is 22.7. The quantitative estimate of drug-likeness (QED) is 0.856. The molecule has 5 nitrogen and oxygen atoms in total. The summed E-state index contributed by atoms with van der Waals surface area (Å²) in [4.78, 5) is 25.7. The van der Waals surface area contributed by atoms with Crippen molar-refractivity contribution in [2.75, 3.05) is 26.7 Å². The number of amides is 1. The van der Waals surface area contributed by atoms with Crippen LogP contribution in [-0.4, -0.2) is 58.4 Å². The highest BCUT2D eigenvalue weighted by molar-refractivity contribution is 5.78. The first-order chi connectivity index (χ1) is 11.1. The summed E-state index contributed by atoms with van der Waals surface area (Å²) in [7, 11) is 2.10. The van der Waals surface area contributed by atoms with E-state index in [1.54, 1.807) is 0 Å². The maximum Gasteiger partial charge on any atom is 0.236 e. The first-order valence-electron chi connectivity index (χ1n) is 8.91. The molecule has 0 bridgehead atoms. The number of nitrogens with zero attached hydrogens (tertiary/aromatic N) is 4. The molecule has 1 aromatic rings. The number of carbonyl (C=O) groups excluding carboxylic acids is 1. The Kier molecular flexibility index (Phi) is 5.26. The molecule has 1 saturated carbocycles. The number of aryl methyl sites for hydroxylation is 1. The molecule has 23 heavy (non-hydrogen) atoms. The molecule has 5 heteroatoms. The number of hydrogen-bond acceptors (Lipinski definition) is 4. The molecular weight excluding hydrogens is 288 g/mol. The molecule has 0 aromatic carbocycles. The Labute approximate surface area is 139 Å². The van der Waals surface area contributed by atoms with Crippen LogP contribution in [0.2, 0.25) is 0 Å². The molecule has 0 spiro atoms. The predicted octanol–water partition coefficient (Wildman–Crippen LogP) is 2.37. The van der Waals surface area contributed by atoms with Crippen LogP contribution in [0, 0.1) is 6.92 Å². The van der Waals surface area contributed by atoms with Crippen molar-refractivity contribution < 1.29 is 4.79 Å². The van der Waals surface area contributed by atoms with Crippen LogP contribution in [0.15, 0.2) is 12.3 Å². The van der Waals surface area contributed by atoms with Crippen molar-refractivity contribution in [1.29, 1.82) is 0 Å². The van der Waals surface area contributed by atoms with Crippen molar-refractivity contribution in [3.05, 3.63) is 23.8 Å². The molecular formula is C18H28N4O. The number of rotatable bonds is 4. The van der Waals surface area contributed by atoms with Crippen molar-refractivity contribution in [3.63, 3.8) is 0 Å². The zero-order valence-electron chi connectivity index (χ0n) is 14.4. The van der Waals surface area contributed by atoms with Gasteiger partial charge < -0.3 is 4.90 Å². The molecule has 1 aromatic heterocycles. The second-order valence-corrected chi connectivity index (χ2v) is 7.06. The molecule has 126 valence electrons. The summed E-state index contributed by atoms with van der Waals surface area (Å²) in [5.41, 5.74) is 1.08. The minimum absolute atomic E-state index is 0.273. The largest absolute Gasteiger partial charge is 0.341 e. The van der Waals surface area contributed by atoms with Crippen LogP contribution in [0.25, 0.3) is 0 Å². The Morgan fingerprint density at radius 2 is 2.09 bits per heavy atom. The van der Waals surface area contributed by atoms with E-state index in [0.717, 1.165) is 37.4 Å². The van der Waals surface area contributed by atoms with Gasteiger partial charge in [-0.3, -0.25) is 9.69 Å². The molecule has 1 saturated heterocycles. The summed E-state index contributed by atoms with van der Waals surface area (Å²) < 4.78 is 0. The number of piperidine rings is 1. The van der Waals surface area contributed by atoms with Gasteiger partial charge in [0.15, 0.2) is 0 Å². The third-order valence-electron chi connectivity index (χ3n) is 5.32. The first kappa shape index (κ1) is 16.4. The molecule has 1 unspecified atom stereocenters. The minimum Gasteiger partial charge on any atom is -0.341 e. The van der Waals surface area contributed by atoms with Crippen LogP contribution in [0.4, 0.5) is 0 Å². The fraction of sp³-hybridized carbons (Fsp3) is 0.722. The Morgan fingerprint density at radius 3 is 2.83 bits per heavy atom. The summed E-state index contributed by atoms with van der Waals surface area (Å²) >= 11 is 0. The molecule has 1 atom stereocenters. The highest BCUT2D eigenvalue weighted by atomic mass is 16.2. The van der Waals surface area contributed by atoms with E-state index < -0.39 is 0 Å². The molecule has 2 heterocycles. The van der Waals surface area contributed by atoms with Crippen molar-refractivity contribution >= 4 is 5.91 Å². The van der Waals surface area contributed by atoms with Crippen LogP contribution < -0.4 is 0 Å². The van der Waals surface area contributed by atoms with E-state index in [-0.39, 0.29) is 5.91 Å². The Balaban J connectivity index is 1.58. The van der Waals surface area contributed by atoms with Gasteiger partial charge in [-0.05, 0) is 45.7 Å². The van der Waals surface area contributed by atoms with E-state index in [2.05, 4.69) is 21.9 Å². The second-order valence-electron chi connectivity index (χ2n) is 7.06. The van der Waals surface area contributed by atoms with Crippen LogP contribution in [0.3, 0.4) is 0 Å². The Morgan fingerprint density at radius 1 is 1.30 bits per heavy atom. The van der Waals surface area contributed by atoms with Crippen molar-refractivity contribution in [2.24, 2.45) is 0 Å². The van der Waals surface area contributed by atoms with Gasteiger partial charge in [0.2, 0.25) is 5.91 Å². The lowest BCUT2D eigenvalue weighted by Crippen LogP contribution is -2.45. The Hall–Kier alpha value is -1.49. The van der Waals surface area contributed by atoms with Crippen LogP contribution in [-0.2, 0) is 4.79 Å². The molecule has 2 aliphatic rings. The van der Waals surface area contributed by atoms with Gasteiger partial charge in [-0.15, -0.1) is 0 Å². The molecule has 3 rings (SSSR count). The minimum atomic E-state index is 0.273. The van der Waals surface area contributed by atoms with Gasteiger partial charge in [0.05, 0.1) is 6.54 Å². The molecule has 0 N–H and O–H groups in total. The maximum atomic E-state index is 12.7. The first-order valence-corrected chi connectivity index (χ1v) is 8.91. The van der Waals surface area contributed by atoms with Gasteiger partial charge in [-0.1, -0.05) is 12.8 Å². The predicted molar refractivity (Wildman–Crippen MR) is 90.2 cm³/mol. The van der Waals surface area contributed by atoms with Gasteiger partial charge in [-0.2, -0.15) is 0 Å². The molecule has 2 fully saturated rings. The maximum absolute atomic E-state index is 12.7. The monoisotopic (exact) mass is 316 g/mol. The molecule has 1 amide bonds. The molecule has 0 radical (unpaired) electrons. The molecule has 1 aliphatic heterocycles. The van der Waals surface area contributed by atoms with E-state index >= 15 is 0 Å². The van der Waals surface area contributed by atoms with E-state index in [0.29, 0.717) is 18.5 Å².